The molecule has 0 aliphatic carbocycles. The van der Waals surface area contributed by atoms with Crippen molar-refractivity contribution in [3.8, 4) is 6.01 Å². The lowest BCUT2D eigenvalue weighted by atomic mass is 9.91. The van der Waals surface area contributed by atoms with Crippen molar-refractivity contribution in [1.29, 1.82) is 0 Å². The predicted molar refractivity (Wildman–Crippen MR) is 60.2 cm³/mol. The summed E-state index contributed by atoms with van der Waals surface area (Å²) in [5.74, 6) is 0. The molecule has 2 aliphatic heterocycles. The molecule has 1 aromatic heterocycles. The number of rotatable bonds is 2. The van der Waals surface area contributed by atoms with Gasteiger partial charge in [0.15, 0.2) is 0 Å². The Morgan fingerprint density at radius 1 is 1.44 bits per heavy atom. The van der Waals surface area contributed by atoms with Crippen LogP contribution in [0.25, 0.3) is 0 Å². The van der Waals surface area contributed by atoms with Gasteiger partial charge < -0.3 is 10.1 Å². The van der Waals surface area contributed by atoms with Crippen molar-refractivity contribution in [2.75, 3.05) is 0 Å². The van der Waals surface area contributed by atoms with Crippen molar-refractivity contribution in [3.05, 3.63) is 18.5 Å². The third-order valence-electron chi connectivity index (χ3n) is 3.64. The summed E-state index contributed by atoms with van der Waals surface area (Å²) in [5, 5.41) is 3.66. The minimum Gasteiger partial charge on any atom is -0.460 e. The van der Waals surface area contributed by atoms with Crippen LogP contribution >= 0.6 is 0 Å². The van der Waals surface area contributed by atoms with Crippen molar-refractivity contribution in [2.24, 2.45) is 0 Å². The van der Waals surface area contributed by atoms with Crippen LogP contribution in [0.3, 0.4) is 0 Å². The molecule has 16 heavy (non-hydrogen) atoms. The Hall–Kier alpha value is -1.16. The van der Waals surface area contributed by atoms with E-state index in [0.29, 0.717) is 12.1 Å². The lowest BCUT2D eigenvalue weighted by molar-refractivity contribution is 0.0987. The lowest BCUT2D eigenvalue weighted by Crippen LogP contribution is -2.50. The first-order valence-electron chi connectivity index (χ1n) is 5.95. The van der Waals surface area contributed by atoms with Crippen LogP contribution in [0.15, 0.2) is 18.5 Å². The molecular formula is C12H17N3O. The minimum absolute atomic E-state index is 0.265. The summed E-state index contributed by atoms with van der Waals surface area (Å²) in [6.07, 6.45) is 8.37. The number of hydrogen-bond donors (Lipinski definition) is 1. The number of piperidine rings is 1. The average molecular weight is 219 g/mol. The van der Waals surface area contributed by atoms with Gasteiger partial charge in [-0.2, -0.15) is 0 Å². The summed E-state index contributed by atoms with van der Waals surface area (Å²) in [5.41, 5.74) is 0.266. The molecule has 0 amide bonds. The van der Waals surface area contributed by atoms with Crippen molar-refractivity contribution in [3.63, 3.8) is 0 Å². The minimum atomic E-state index is 0.265. The van der Waals surface area contributed by atoms with Gasteiger partial charge in [0.05, 0.1) is 0 Å². The van der Waals surface area contributed by atoms with Crippen molar-refractivity contribution in [1.82, 2.24) is 15.3 Å². The van der Waals surface area contributed by atoms with Gasteiger partial charge in [-0.05, 0) is 32.3 Å². The Kier molecular flexibility index (Phi) is 2.32. The molecule has 0 radical (unpaired) electrons. The summed E-state index contributed by atoms with van der Waals surface area (Å²) in [6, 6.07) is 2.94. The molecule has 2 bridgehead atoms. The molecule has 1 aromatic rings. The number of hydrogen-bond acceptors (Lipinski definition) is 4. The monoisotopic (exact) mass is 219 g/mol. The zero-order chi connectivity index (χ0) is 11.0. The topological polar surface area (TPSA) is 47.0 Å². The Morgan fingerprint density at radius 2 is 2.25 bits per heavy atom. The molecule has 4 heteroatoms. The number of nitrogens with one attached hydrogen (secondary N) is 1. The van der Waals surface area contributed by atoms with E-state index in [4.69, 9.17) is 4.74 Å². The second-order valence-corrected chi connectivity index (χ2v) is 5.15. The first kappa shape index (κ1) is 10.0. The van der Waals surface area contributed by atoms with Crippen molar-refractivity contribution in [2.45, 2.75) is 50.3 Å². The highest BCUT2D eigenvalue weighted by Gasteiger charge is 2.42. The SMILES string of the molecule is CC12CCC(CC(Oc3ncccn3)C1)N2. The number of fused-ring (bicyclic) bond motifs is 2. The van der Waals surface area contributed by atoms with Crippen LogP contribution < -0.4 is 10.1 Å². The molecule has 0 saturated carbocycles. The summed E-state index contributed by atoms with van der Waals surface area (Å²) in [7, 11) is 0. The first-order chi connectivity index (χ1) is 7.73. The predicted octanol–water partition coefficient (Wildman–Crippen LogP) is 1.53. The molecule has 86 valence electrons. The molecule has 3 heterocycles. The molecule has 2 aliphatic rings. The van der Waals surface area contributed by atoms with E-state index >= 15 is 0 Å². The zero-order valence-electron chi connectivity index (χ0n) is 9.52. The van der Waals surface area contributed by atoms with E-state index in [9.17, 15) is 0 Å². The van der Waals surface area contributed by atoms with Crippen LogP contribution in [0.5, 0.6) is 6.01 Å². The van der Waals surface area contributed by atoms with Crippen molar-refractivity contribution < 1.29 is 4.74 Å². The first-order valence-corrected chi connectivity index (χ1v) is 5.95. The lowest BCUT2D eigenvalue weighted by Gasteiger charge is -2.35. The quantitative estimate of drug-likeness (QED) is 0.819. The fourth-order valence-electron chi connectivity index (χ4n) is 2.96. The smallest absolute Gasteiger partial charge is 0.316 e. The highest BCUT2D eigenvalue weighted by atomic mass is 16.5. The molecule has 2 fully saturated rings. The van der Waals surface area contributed by atoms with Gasteiger partial charge in [-0.1, -0.05) is 0 Å². The van der Waals surface area contributed by atoms with Gasteiger partial charge in [0, 0.05) is 30.4 Å². The molecule has 1 N–H and O–H groups in total. The van der Waals surface area contributed by atoms with Crippen LogP contribution in [0, 0.1) is 0 Å². The van der Waals surface area contributed by atoms with Gasteiger partial charge in [0.2, 0.25) is 0 Å². The molecule has 3 unspecified atom stereocenters. The zero-order valence-corrected chi connectivity index (χ0v) is 9.52. The van der Waals surface area contributed by atoms with Crippen LogP contribution in [0.4, 0.5) is 0 Å². The normalized spacial score (nSPS) is 37.3. The van der Waals surface area contributed by atoms with Crippen molar-refractivity contribution >= 4 is 0 Å². The molecule has 2 saturated heterocycles. The second-order valence-electron chi connectivity index (χ2n) is 5.15. The van der Waals surface area contributed by atoms with Gasteiger partial charge in [-0.15, -0.1) is 0 Å². The summed E-state index contributed by atoms with van der Waals surface area (Å²) < 4.78 is 5.84. The van der Waals surface area contributed by atoms with Crippen LogP contribution in [-0.4, -0.2) is 27.7 Å². The maximum Gasteiger partial charge on any atom is 0.316 e. The Bertz CT molecular complexity index is 370. The molecule has 3 atom stereocenters. The number of nitrogens with zero attached hydrogens (tertiary/aromatic N) is 2. The Balaban J connectivity index is 1.69. The molecule has 3 rings (SSSR count). The molecule has 4 nitrogen and oxygen atoms in total. The summed E-state index contributed by atoms with van der Waals surface area (Å²) in [4.78, 5) is 8.22. The Labute approximate surface area is 95.4 Å². The third-order valence-corrected chi connectivity index (χ3v) is 3.64. The molecular weight excluding hydrogens is 202 g/mol. The van der Waals surface area contributed by atoms with Gasteiger partial charge in [-0.3, -0.25) is 0 Å². The van der Waals surface area contributed by atoms with E-state index in [-0.39, 0.29) is 11.6 Å². The highest BCUT2D eigenvalue weighted by Crippen LogP contribution is 2.36. The fourth-order valence-corrected chi connectivity index (χ4v) is 2.96. The summed E-state index contributed by atoms with van der Waals surface area (Å²) in [6.45, 7) is 2.29. The highest BCUT2D eigenvalue weighted by molar-refractivity contribution is 5.04. The van der Waals surface area contributed by atoms with Gasteiger partial charge in [-0.25, -0.2) is 9.97 Å². The summed E-state index contributed by atoms with van der Waals surface area (Å²) >= 11 is 0. The molecule has 0 aromatic carbocycles. The molecule has 0 spiro atoms. The number of ether oxygens (including phenoxy) is 1. The largest absolute Gasteiger partial charge is 0.460 e. The number of aromatic nitrogens is 2. The van der Waals surface area contributed by atoms with Gasteiger partial charge in [0.25, 0.3) is 0 Å². The van der Waals surface area contributed by atoms with E-state index in [1.807, 2.05) is 0 Å². The third kappa shape index (κ3) is 1.89. The Morgan fingerprint density at radius 3 is 3.00 bits per heavy atom. The van der Waals surface area contributed by atoms with E-state index in [1.165, 1.54) is 12.8 Å². The maximum absolute atomic E-state index is 5.84. The van der Waals surface area contributed by atoms with Gasteiger partial charge >= 0.3 is 6.01 Å². The van der Waals surface area contributed by atoms with E-state index < -0.39 is 0 Å². The second kappa shape index (κ2) is 3.70. The van der Waals surface area contributed by atoms with E-state index in [0.717, 1.165) is 12.8 Å². The standard InChI is InChI=1S/C12H17N3O/c1-12-4-3-9(15-12)7-10(8-12)16-11-13-5-2-6-14-11/h2,5-6,9-10,15H,3-4,7-8H2,1H3. The fraction of sp³-hybridized carbons (Fsp3) is 0.667. The van der Waals surface area contributed by atoms with Crippen LogP contribution in [0.2, 0.25) is 0 Å². The van der Waals surface area contributed by atoms with Gasteiger partial charge in [0.1, 0.15) is 6.10 Å². The van der Waals surface area contributed by atoms with Crippen LogP contribution in [0.1, 0.15) is 32.6 Å². The van der Waals surface area contributed by atoms with E-state index in [2.05, 4.69) is 22.2 Å². The maximum atomic E-state index is 5.84. The van der Waals surface area contributed by atoms with Crippen LogP contribution in [-0.2, 0) is 0 Å². The van der Waals surface area contributed by atoms with E-state index in [1.54, 1.807) is 18.5 Å². The average Bonchev–Trinajstić information content (AvgIpc) is 2.54.